The summed E-state index contributed by atoms with van der Waals surface area (Å²) in [6.07, 6.45) is 0.573. The molecule has 5 nitrogen and oxygen atoms in total. The van der Waals surface area contributed by atoms with Crippen molar-refractivity contribution < 1.29 is 10.0 Å². The Hall–Kier alpha value is -1.62. The highest BCUT2D eigenvalue weighted by atomic mass is 16.6. The Morgan fingerprint density at radius 2 is 2.29 bits per heavy atom. The largest absolute Gasteiger partial charge is 0.508 e. The molecule has 0 aliphatic rings. The van der Waals surface area contributed by atoms with Gasteiger partial charge in [0, 0.05) is 17.7 Å². The monoisotopic (exact) mass is 196 g/mol. The number of non-ortho nitro benzene ring substituents is 1. The van der Waals surface area contributed by atoms with Gasteiger partial charge < -0.3 is 10.4 Å². The summed E-state index contributed by atoms with van der Waals surface area (Å²) in [6, 6.07) is 4.04. The molecule has 0 bridgehead atoms. The van der Waals surface area contributed by atoms with Crippen LogP contribution in [0.15, 0.2) is 18.2 Å². The van der Waals surface area contributed by atoms with Crippen LogP contribution in [0.5, 0.6) is 5.75 Å². The molecule has 76 valence electrons. The molecule has 0 heterocycles. The highest BCUT2D eigenvalue weighted by Gasteiger charge is 2.09. The zero-order chi connectivity index (χ0) is 10.6. The van der Waals surface area contributed by atoms with E-state index in [1.165, 1.54) is 18.2 Å². The molecule has 0 atom stereocenters. The summed E-state index contributed by atoms with van der Waals surface area (Å²) in [7, 11) is 1.79. The number of nitrogens with one attached hydrogen (secondary N) is 1. The molecule has 0 fully saturated rings. The summed E-state index contributed by atoms with van der Waals surface area (Å²) >= 11 is 0. The zero-order valence-corrected chi connectivity index (χ0v) is 7.86. The second kappa shape index (κ2) is 4.57. The first kappa shape index (κ1) is 10.5. The molecule has 2 N–H and O–H groups in total. The molecule has 0 aliphatic heterocycles. The van der Waals surface area contributed by atoms with Crippen LogP contribution in [0.25, 0.3) is 0 Å². The predicted octanol–water partition coefficient (Wildman–Crippen LogP) is 1.06. The molecular weight excluding hydrogens is 184 g/mol. The van der Waals surface area contributed by atoms with Gasteiger partial charge in [-0.1, -0.05) is 0 Å². The molecule has 0 spiro atoms. The number of benzene rings is 1. The van der Waals surface area contributed by atoms with E-state index in [0.29, 0.717) is 18.5 Å². The first-order chi connectivity index (χ1) is 6.65. The fourth-order valence-electron chi connectivity index (χ4n) is 1.15. The van der Waals surface area contributed by atoms with Crippen LogP contribution in [0.2, 0.25) is 0 Å². The number of aromatic hydroxyl groups is 1. The first-order valence-electron chi connectivity index (χ1n) is 4.26. The van der Waals surface area contributed by atoms with Crippen molar-refractivity contribution in [3.05, 3.63) is 33.9 Å². The molecular formula is C9H12N2O3. The summed E-state index contributed by atoms with van der Waals surface area (Å²) in [5.41, 5.74) is 0.599. The average Bonchev–Trinajstić information content (AvgIpc) is 2.16. The summed E-state index contributed by atoms with van der Waals surface area (Å²) in [5.74, 6) is 0.103. The van der Waals surface area contributed by atoms with Crippen LogP contribution in [-0.4, -0.2) is 23.6 Å². The number of rotatable bonds is 4. The molecule has 0 saturated carbocycles. The lowest BCUT2D eigenvalue weighted by Gasteiger charge is -2.03. The van der Waals surface area contributed by atoms with Gasteiger partial charge in [-0.05, 0) is 26.1 Å². The number of nitrogens with zero attached hydrogens (tertiary/aromatic N) is 1. The Bertz CT molecular complexity index is 339. The summed E-state index contributed by atoms with van der Waals surface area (Å²) < 4.78 is 0. The molecule has 1 rings (SSSR count). The van der Waals surface area contributed by atoms with Gasteiger partial charge in [0.25, 0.3) is 5.69 Å². The lowest BCUT2D eigenvalue weighted by molar-refractivity contribution is -0.384. The number of hydrogen-bond donors (Lipinski definition) is 2. The molecule has 14 heavy (non-hydrogen) atoms. The van der Waals surface area contributed by atoms with Crippen LogP contribution >= 0.6 is 0 Å². The van der Waals surface area contributed by atoms with Gasteiger partial charge in [-0.15, -0.1) is 0 Å². The number of nitro groups is 1. The zero-order valence-electron chi connectivity index (χ0n) is 7.86. The van der Waals surface area contributed by atoms with Gasteiger partial charge >= 0.3 is 0 Å². The molecule has 0 aliphatic carbocycles. The van der Waals surface area contributed by atoms with Crippen molar-refractivity contribution in [1.29, 1.82) is 0 Å². The standard InChI is InChI=1S/C9H12N2O3/c1-10-5-4-7-6-8(11(13)14)2-3-9(7)12/h2-3,6,10,12H,4-5H2,1H3. The Morgan fingerprint density at radius 1 is 1.57 bits per heavy atom. The summed E-state index contributed by atoms with van der Waals surface area (Å²) in [4.78, 5) is 9.98. The van der Waals surface area contributed by atoms with Gasteiger partial charge in [0.1, 0.15) is 5.75 Å². The summed E-state index contributed by atoms with van der Waals surface area (Å²) in [5, 5.41) is 22.8. The second-order valence-corrected chi connectivity index (χ2v) is 2.92. The van der Waals surface area contributed by atoms with Crippen LogP contribution in [0.3, 0.4) is 0 Å². The minimum absolute atomic E-state index is 0.00824. The molecule has 0 aromatic heterocycles. The van der Waals surface area contributed by atoms with Crippen LogP contribution in [0, 0.1) is 10.1 Å². The molecule has 0 unspecified atom stereocenters. The first-order valence-corrected chi connectivity index (χ1v) is 4.26. The number of nitro benzene ring substituents is 1. The van der Waals surface area contributed by atoms with Crippen molar-refractivity contribution in [2.75, 3.05) is 13.6 Å². The number of phenols is 1. The van der Waals surface area contributed by atoms with Crippen molar-refractivity contribution in [1.82, 2.24) is 5.32 Å². The Kier molecular flexibility index (Phi) is 3.41. The van der Waals surface area contributed by atoms with Crippen molar-refractivity contribution >= 4 is 5.69 Å². The summed E-state index contributed by atoms with van der Waals surface area (Å²) in [6.45, 7) is 0.675. The maximum absolute atomic E-state index is 10.4. The molecule has 1 aromatic rings. The maximum Gasteiger partial charge on any atom is 0.269 e. The predicted molar refractivity (Wildman–Crippen MR) is 52.4 cm³/mol. The van der Waals surface area contributed by atoms with E-state index in [1.54, 1.807) is 7.05 Å². The molecule has 5 heteroatoms. The van der Waals surface area contributed by atoms with E-state index < -0.39 is 4.92 Å². The number of phenolic OH excluding ortho intramolecular Hbond substituents is 1. The van der Waals surface area contributed by atoms with E-state index in [1.807, 2.05) is 0 Å². The quantitative estimate of drug-likeness (QED) is 0.557. The van der Waals surface area contributed by atoms with Gasteiger partial charge in [-0.2, -0.15) is 0 Å². The van der Waals surface area contributed by atoms with Gasteiger partial charge in [-0.25, -0.2) is 0 Å². The fraction of sp³-hybridized carbons (Fsp3) is 0.333. The van der Waals surface area contributed by atoms with Gasteiger partial charge in [0.05, 0.1) is 4.92 Å². The van der Waals surface area contributed by atoms with Crippen molar-refractivity contribution in [3.63, 3.8) is 0 Å². The normalized spacial score (nSPS) is 10.1. The lowest BCUT2D eigenvalue weighted by atomic mass is 10.1. The van der Waals surface area contributed by atoms with Crippen molar-refractivity contribution in [3.8, 4) is 5.75 Å². The smallest absolute Gasteiger partial charge is 0.269 e. The minimum Gasteiger partial charge on any atom is -0.508 e. The Labute approximate surface area is 81.5 Å². The fourth-order valence-corrected chi connectivity index (χ4v) is 1.15. The van der Waals surface area contributed by atoms with Crippen LogP contribution in [0.4, 0.5) is 5.69 Å². The topological polar surface area (TPSA) is 75.4 Å². The number of likely N-dealkylation sites (N-methyl/N-ethyl adjacent to an activating group) is 1. The van der Waals surface area contributed by atoms with Gasteiger partial charge in [-0.3, -0.25) is 10.1 Å². The van der Waals surface area contributed by atoms with E-state index >= 15 is 0 Å². The SMILES string of the molecule is CNCCc1cc([N+](=O)[O-])ccc1O. The van der Waals surface area contributed by atoms with E-state index in [2.05, 4.69) is 5.32 Å². The highest BCUT2D eigenvalue weighted by molar-refractivity contribution is 5.43. The third kappa shape index (κ3) is 2.43. The maximum atomic E-state index is 10.4. The highest BCUT2D eigenvalue weighted by Crippen LogP contribution is 2.22. The van der Waals surface area contributed by atoms with Crippen molar-refractivity contribution in [2.45, 2.75) is 6.42 Å². The number of hydrogen-bond acceptors (Lipinski definition) is 4. The Balaban J connectivity index is 2.90. The van der Waals surface area contributed by atoms with E-state index in [-0.39, 0.29) is 11.4 Å². The van der Waals surface area contributed by atoms with E-state index in [9.17, 15) is 15.2 Å². The van der Waals surface area contributed by atoms with Crippen LogP contribution < -0.4 is 5.32 Å². The second-order valence-electron chi connectivity index (χ2n) is 2.92. The molecule has 0 saturated heterocycles. The average molecular weight is 196 g/mol. The van der Waals surface area contributed by atoms with E-state index in [4.69, 9.17) is 0 Å². The third-order valence-electron chi connectivity index (χ3n) is 1.92. The van der Waals surface area contributed by atoms with Gasteiger partial charge in [0.2, 0.25) is 0 Å². The van der Waals surface area contributed by atoms with Crippen LogP contribution in [0.1, 0.15) is 5.56 Å². The van der Waals surface area contributed by atoms with Crippen molar-refractivity contribution in [2.24, 2.45) is 0 Å². The lowest BCUT2D eigenvalue weighted by Crippen LogP contribution is -2.10. The minimum atomic E-state index is -0.470. The molecule has 0 radical (unpaired) electrons. The van der Waals surface area contributed by atoms with Gasteiger partial charge in [0.15, 0.2) is 0 Å². The molecule has 0 amide bonds. The third-order valence-corrected chi connectivity index (χ3v) is 1.92. The Morgan fingerprint density at radius 3 is 2.86 bits per heavy atom. The molecule has 1 aromatic carbocycles. The van der Waals surface area contributed by atoms with E-state index in [0.717, 1.165) is 0 Å². The van der Waals surface area contributed by atoms with Crippen LogP contribution in [-0.2, 0) is 6.42 Å².